The van der Waals surface area contributed by atoms with Gasteiger partial charge in [0.2, 0.25) is 5.91 Å². The van der Waals surface area contributed by atoms with Crippen LogP contribution in [0.1, 0.15) is 16.2 Å². The number of hydrogen-bond acceptors (Lipinski definition) is 5. The van der Waals surface area contributed by atoms with E-state index in [1.54, 1.807) is 18.5 Å². The molecule has 3 rings (SSSR count). The normalized spacial score (nSPS) is 10.8. The minimum Gasteiger partial charge on any atom is -0.468 e. The van der Waals surface area contributed by atoms with E-state index < -0.39 is 0 Å². The zero-order valence-electron chi connectivity index (χ0n) is 13.1. The first-order chi connectivity index (χ1) is 12.1. The van der Waals surface area contributed by atoms with Crippen LogP contribution in [0.25, 0.3) is 0 Å². The number of rotatable bonds is 7. The first-order valence-electron chi connectivity index (χ1n) is 7.52. The van der Waals surface area contributed by atoms with Gasteiger partial charge in [-0.2, -0.15) is 0 Å². The molecular formula is C17H15Cl2N3O2S. The molecule has 2 heterocycles. The van der Waals surface area contributed by atoms with Crippen molar-refractivity contribution < 1.29 is 9.21 Å². The summed E-state index contributed by atoms with van der Waals surface area (Å²) in [5, 5.41) is 7.42. The minimum atomic E-state index is -0.151. The largest absolute Gasteiger partial charge is 0.468 e. The summed E-state index contributed by atoms with van der Waals surface area (Å²) in [4.78, 5) is 17.2. The number of benzene rings is 1. The van der Waals surface area contributed by atoms with Crippen molar-refractivity contribution in [2.45, 2.75) is 13.0 Å². The van der Waals surface area contributed by atoms with Crippen molar-refractivity contribution in [1.82, 2.24) is 10.3 Å². The number of nitrogens with zero attached hydrogens (tertiary/aromatic N) is 1. The molecule has 0 spiro atoms. The highest BCUT2D eigenvalue weighted by atomic mass is 35.5. The van der Waals surface area contributed by atoms with Crippen molar-refractivity contribution in [2.24, 2.45) is 0 Å². The number of amides is 1. The average molecular weight is 396 g/mol. The maximum Gasteiger partial charge on any atom is 0.240 e. The lowest BCUT2D eigenvalue weighted by atomic mass is 10.1. The first kappa shape index (κ1) is 17.9. The maximum absolute atomic E-state index is 11.9. The second kappa shape index (κ2) is 8.49. The monoisotopic (exact) mass is 395 g/mol. The van der Waals surface area contributed by atoms with Crippen LogP contribution in [0.5, 0.6) is 0 Å². The Morgan fingerprint density at radius 2 is 2.12 bits per heavy atom. The summed E-state index contributed by atoms with van der Waals surface area (Å²) in [7, 11) is 0. The molecule has 130 valence electrons. The number of anilines is 1. The van der Waals surface area contributed by atoms with Crippen LogP contribution in [-0.2, 0) is 17.8 Å². The lowest BCUT2D eigenvalue weighted by Crippen LogP contribution is -2.27. The SMILES string of the molecule is O=C(CNCc1ccco1)Nc1ncc(Cc2ccc(Cl)c(Cl)c2)s1. The van der Waals surface area contributed by atoms with Crippen LogP contribution in [-0.4, -0.2) is 17.4 Å². The second-order valence-corrected chi connectivity index (χ2v) is 7.22. The van der Waals surface area contributed by atoms with Gasteiger partial charge in [-0.15, -0.1) is 11.3 Å². The summed E-state index contributed by atoms with van der Waals surface area (Å²) >= 11 is 13.4. The Balaban J connectivity index is 1.49. The van der Waals surface area contributed by atoms with Crippen LogP contribution in [0.4, 0.5) is 5.13 Å². The molecule has 2 N–H and O–H groups in total. The van der Waals surface area contributed by atoms with Crippen LogP contribution in [0.15, 0.2) is 47.2 Å². The van der Waals surface area contributed by atoms with Crippen molar-refractivity contribution in [2.75, 3.05) is 11.9 Å². The van der Waals surface area contributed by atoms with Gasteiger partial charge in [0, 0.05) is 17.5 Å². The molecule has 0 unspecified atom stereocenters. The minimum absolute atomic E-state index is 0.151. The summed E-state index contributed by atoms with van der Waals surface area (Å²) in [6, 6.07) is 9.18. The maximum atomic E-state index is 11.9. The summed E-state index contributed by atoms with van der Waals surface area (Å²) < 4.78 is 5.19. The van der Waals surface area contributed by atoms with E-state index in [9.17, 15) is 4.79 Å². The van der Waals surface area contributed by atoms with E-state index in [2.05, 4.69) is 15.6 Å². The van der Waals surface area contributed by atoms with E-state index in [0.29, 0.717) is 28.1 Å². The number of thiazole rings is 1. The van der Waals surface area contributed by atoms with Gasteiger partial charge >= 0.3 is 0 Å². The molecule has 0 aliphatic rings. The number of carbonyl (C=O) groups excluding carboxylic acids is 1. The second-order valence-electron chi connectivity index (χ2n) is 5.29. The Kier molecular flexibility index (Phi) is 6.09. The molecule has 1 amide bonds. The highest BCUT2D eigenvalue weighted by Gasteiger charge is 2.08. The molecule has 0 fully saturated rings. The average Bonchev–Trinajstić information content (AvgIpc) is 3.23. The first-order valence-corrected chi connectivity index (χ1v) is 9.09. The van der Waals surface area contributed by atoms with Gasteiger partial charge in [0.15, 0.2) is 5.13 Å². The quantitative estimate of drug-likeness (QED) is 0.623. The fraction of sp³-hybridized carbons (Fsp3) is 0.176. The molecular weight excluding hydrogens is 381 g/mol. The highest BCUT2D eigenvalue weighted by molar-refractivity contribution is 7.15. The summed E-state index contributed by atoms with van der Waals surface area (Å²) in [5.74, 6) is 0.632. The topological polar surface area (TPSA) is 67.2 Å². The Labute approximate surface area is 159 Å². The molecule has 2 aromatic heterocycles. The third-order valence-corrected chi connectivity index (χ3v) is 4.98. The predicted octanol–water partition coefficient (Wildman–Crippen LogP) is 4.36. The zero-order chi connectivity index (χ0) is 17.6. The van der Waals surface area contributed by atoms with E-state index in [0.717, 1.165) is 16.2 Å². The van der Waals surface area contributed by atoms with E-state index >= 15 is 0 Å². The van der Waals surface area contributed by atoms with Gasteiger partial charge in [0.05, 0.1) is 29.4 Å². The van der Waals surface area contributed by atoms with Gasteiger partial charge in [-0.25, -0.2) is 4.98 Å². The summed E-state index contributed by atoms with van der Waals surface area (Å²) in [5.41, 5.74) is 1.04. The smallest absolute Gasteiger partial charge is 0.240 e. The predicted molar refractivity (Wildman–Crippen MR) is 100 cm³/mol. The molecule has 0 aliphatic heterocycles. The van der Waals surface area contributed by atoms with Crippen LogP contribution >= 0.6 is 34.5 Å². The summed E-state index contributed by atoms with van der Waals surface area (Å²) in [6.45, 7) is 0.684. The number of nitrogens with one attached hydrogen (secondary N) is 2. The fourth-order valence-corrected chi connectivity index (χ4v) is 3.36. The standard InChI is InChI=1S/C17H15Cl2N3O2S/c18-14-4-3-11(7-15(14)19)6-13-9-21-17(25-13)22-16(23)10-20-8-12-2-1-5-24-12/h1-5,7,9,20H,6,8,10H2,(H,21,22,23). The fourth-order valence-electron chi connectivity index (χ4n) is 2.17. The Hall–Kier alpha value is -1.86. The number of halogens is 2. The van der Waals surface area contributed by atoms with Crippen LogP contribution in [0.3, 0.4) is 0 Å². The van der Waals surface area contributed by atoms with Gasteiger partial charge in [-0.1, -0.05) is 29.3 Å². The third kappa shape index (κ3) is 5.31. The van der Waals surface area contributed by atoms with Crippen molar-refractivity contribution in [3.63, 3.8) is 0 Å². The number of hydrogen-bond donors (Lipinski definition) is 2. The van der Waals surface area contributed by atoms with Crippen molar-refractivity contribution in [3.8, 4) is 0 Å². The molecule has 0 saturated heterocycles. The molecule has 1 aromatic carbocycles. The Bertz CT molecular complexity index is 849. The zero-order valence-corrected chi connectivity index (χ0v) is 15.4. The van der Waals surface area contributed by atoms with Crippen molar-refractivity contribution in [3.05, 3.63) is 69.0 Å². The number of aromatic nitrogens is 1. The number of carbonyl (C=O) groups is 1. The molecule has 0 atom stereocenters. The molecule has 0 radical (unpaired) electrons. The van der Waals surface area contributed by atoms with E-state index in [-0.39, 0.29) is 12.5 Å². The van der Waals surface area contributed by atoms with Crippen LogP contribution < -0.4 is 10.6 Å². The Morgan fingerprint density at radius 1 is 1.24 bits per heavy atom. The molecule has 0 aliphatic carbocycles. The van der Waals surface area contributed by atoms with Gasteiger partial charge in [-0.3, -0.25) is 4.79 Å². The Morgan fingerprint density at radius 3 is 2.88 bits per heavy atom. The van der Waals surface area contributed by atoms with E-state index in [4.69, 9.17) is 27.6 Å². The van der Waals surface area contributed by atoms with Crippen molar-refractivity contribution >= 4 is 45.6 Å². The lowest BCUT2D eigenvalue weighted by molar-refractivity contribution is -0.115. The lowest BCUT2D eigenvalue weighted by Gasteiger charge is -2.03. The molecule has 5 nitrogen and oxygen atoms in total. The highest BCUT2D eigenvalue weighted by Crippen LogP contribution is 2.26. The van der Waals surface area contributed by atoms with E-state index in [1.165, 1.54) is 11.3 Å². The molecule has 0 saturated carbocycles. The van der Waals surface area contributed by atoms with Gasteiger partial charge in [0.1, 0.15) is 5.76 Å². The van der Waals surface area contributed by atoms with Gasteiger partial charge in [0.25, 0.3) is 0 Å². The molecule has 25 heavy (non-hydrogen) atoms. The molecule has 0 bridgehead atoms. The van der Waals surface area contributed by atoms with Gasteiger partial charge < -0.3 is 15.1 Å². The molecule has 3 aromatic rings. The van der Waals surface area contributed by atoms with Crippen LogP contribution in [0.2, 0.25) is 10.0 Å². The number of furan rings is 1. The molecule has 8 heteroatoms. The van der Waals surface area contributed by atoms with Crippen molar-refractivity contribution in [1.29, 1.82) is 0 Å². The van der Waals surface area contributed by atoms with Crippen LogP contribution in [0, 0.1) is 0 Å². The third-order valence-electron chi connectivity index (χ3n) is 3.33. The van der Waals surface area contributed by atoms with Gasteiger partial charge in [-0.05, 0) is 29.8 Å². The summed E-state index contributed by atoms with van der Waals surface area (Å²) in [6.07, 6.45) is 4.03. The van der Waals surface area contributed by atoms with E-state index in [1.807, 2.05) is 24.3 Å².